The second-order valence-electron chi connectivity index (χ2n) is 7.03. The molecule has 0 spiro atoms. The van der Waals surface area contributed by atoms with Gasteiger partial charge in [0, 0.05) is 16.4 Å². The molecule has 0 unspecified atom stereocenters. The molecule has 2 rings (SSSR count). The number of amides is 2. The highest BCUT2D eigenvalue weighted by Gasteiger charge is 2.21. The molecule has 2 aromatic carbocycles. The molecule has 2 N–H and O–H groups in total. The Morgan fingerprint density at radius 2 is 1.68 bits per heavy atom. The van der Waals surface area contributed by atoms with Gasteiger partial charge < -0.3 is 10.6 Å². The maximum Gasteiger partial charge on any atom is 0.241 e. The van der Waals surface area contributed by atoms with Gasteiger partial charge in [0.2, 0.25) is 11.8 Å². The number of benzene rings is 2. The Bertz CT molecular complexity index is 808. The van der Waals surface area contributed by atoms with Crippen LogP contribution in [0.25, 0.3) is 0 Å². The third kappa shape index (κ3) is 6.08. The van der Waals surface area contributed by atoms with Gasteiger partial charge in [-0.05, 0) is 62.2 Å². The molecule has 28 heavy (non-hydrogen) atoms. The molecule has 5 nitrogen and oxygen atoms in total. The summed E-state index contributed by atoms with van der Waals surface area (Å²) in [6.07, 6.45) is 0.993. The molecule has 0 aliphatic carbocycles. The largest absolute Gasteiger partial charge is 0.325 e. The number of nitrogens with zero attached hydrogens (tertiary/aromatic N) is 1. The fourth-order valence-corrected chi connectivity index (χ4v) is 2.92. The van der Waals surface area contributed by atoms with Gasteiger partial charge >= 0.3 is 0 Å². The lowest BCUT2D eigenvalue weighted by atomic mass is 9.97. The number of nitrogens with one attached hydrogen (secondary N) is 2. The standard InChI is InChI=1S/C22H28ClN3O2/c1-5-15(2)19-8-6-7-9-20(19)25-22(28)16(3)26(4)14-21(27)24-18-12-10-17(23)11-13-18/h6-13,15-16H,5,14H2,1-4H3,(H,24,27)(H,25,28)/t15-,16-/m0/s1. The second-order valence-corrected chi connectivity index (χ2v) is 7.47. The van der Waals surface area contributed by atoms with Crippen molar-refractivity contribution in [1.82, 2.24) is 4.90 Å². The van der Waals surface area contributed by atoms with Gasteiger partial charge in [0.15, 0.2) is 0 Å². The molecule has 2 aromatic rings. The average molecular weight is 402 g/mol. The number of likely N-dealkylation sites (N-methyl/N-ethyl adjacent to an activating group) is 1. The summed E-state index contributed by atoms with van der Waals surface area (Å²) in [5.74, 6) is 0.0247. The third-order valence-electron chi connectivity index (χ3n) is 4.92. The van der Waals surface area contributed by atoms with E-state index in [0.29, 0.717) is 16.6 Å². The van der Waals surface area contributed by atoms with Crippen molar-refractivity contribution in [3.63, 3.8) is 0 Å². The van der Waals surface area contributed by atoms with E-state index in [1.54, 1.807) is 43.1 Å². The molecule has 0 radical (unpaired) electrons. The zero-order chi connectivity index (χ0) is 20.7. The topological polar surface area (TPSA) is 61.4 Å². The lowest BCUT2D eigenvalue weighted by molar-refractivity contribution is -0.122. The predicted molar refractivity (Wildman–Crippen MR) is 116 cm³/mol. The second kappa shape index (κ2) is 10.2. The smallest absolute Gasteiger partial charge is 0.241 e. The van der Waals surface area contributed by atoms with Crippen molar-refractivity contribution in [2.24, 2.45) is 0 Å². The lowest BCUT2D eigenvalue weighted by Crippen LogP contribution is -2.43. The van der Waals surface area contributed by atoms with E-state index in [-0.39, 0.29) is 18.4 Å². The van der Waals surface area contributed by atoms with Crippen LogP contribution < -0.4 is 10.6 Å². The van der Waals surface area contributed by atoms with E-state index in [4.69, 9.17) is 11.6 Å². The van der Waals surface area contributed by atoms with Crippen molar-refractivity contribution in [2.75, 3.05) is 24.2 Å². The van der Waals surface area contributed by atoms with Crippen molar-refractivity contribution < 1.29 is 9.59 Å². The van der Waals surface area contributed by atoms with Crippen molar-refractivity contribution in [2.45, 2.75) is 39.2 Å². The quantitative estimate of drug-likeness (QED) is 0.670. The summed E-state index contributed by atoms with van der Waals surface area (Å²) in [7, 11) is 1.76. The van der Waals surface area contributed by atoms with E-state index in [2.05, 4.69) is 24.5 Å². The van der Waals surface area contributed by atoms with Gasteiger partial charge in [-0.15, -0.1) is 0 Å². The Labute approximate surface area is 172 Å². The lowest BCUT2D eigenvalue weighted by Gasteiger charge is -2.24. The number of para-hydroxylation sites is 1. The fourth-order valence-electron chi connectivity index (χ4n) is 2.80. The van der Waals surface area contributed by atoms with E-state index in [9.17, 15) is 9.59 Å². The molecule has 0 aliphatic rings. The van der Waals surface area contributed by atoms with Crippen molar-refractivity contribution in [1.29, 1.82) is 0 Å². The highest BCUT2D eigenvalue weighted by molar-refractivity contribution is 6.30. The Morgan fingerprint density at radius 3 is 2.32 bits per heavy atom. The highest BCUT2D eigenvalue weighted by Crippen LogP contribution is 2.26. The molecule has 0 fully saturated rings. The zero-order valence-electron chi connectivity index (χ0n) is 16.8. The summed E-state index contributed by atoms with van der Waals surface area (Å²) >= 11 is 5.85. The van der Waals surface area contributed by atoms with E-state index in [1.807, 2.05) is 24.3 Å². The fraction of sp³-hybridized carbons (Fsp3) is 0.364. The van der Waals surface area contributed by atoms with Crippen LogP contribution in [-0.2, 0) is 9.59 Å². The summed E-state index contributed by atoms with van der Waals surface area (Å²) in [5, 5.41) is 6.42. The molecular formula is C22H28ClN3O2. The number of hydrogen-bond donors (Lipinski definition) is 2. The molecular weight excluding hydrogens is 374 g/mol. The molecule has 0 saturated heterocycles. The predicted octanol–water partition coefficient (Wildman–Crippen LogP) is 4.75. The normalized spacial score (nSPS) is 13.1. The van der Waals surface area contributed by atoms with Crippen LogP contribution in [0.4, 0.5) is 11.4 Å². The van der Waals surface area contributed by atoms with Gasteiger partial charge in [-0.25, -0.2) is 0 Å². The molecule has 0 heterocycles. The third-order valence-corrected chi connectivity index (χ3v) is 5.18. The molecule has 150 valence electrons. The molecule has 0 saturated carbocycles. The van der Waals surface area contributed by atoms with Crippen LogP contribution in [0.3, 0.4) is 0 Å². The monoisotopic (exact) mass is 401 g/mol. The van der Waals surface area contributed by atoms with Crippen molar-refractivity contribution in [3.05, 3.63) is 59.1 Å². The Kier molecular flexibility index (Phi) is 8.03. The number of anilines is 2. The van der Waals surface area contributed by atoms with E-state index < -0.39 is 6.04 Å². The van der Waals surface area contributed by atoms with Gasteiger partial charge in [0.25, 0.3) is 0 Å². The van der Waals surface area contributed by atoms with Crippen LogP contribution in [0, 0.1) is 0 Å². The first-order chi connectivity index (χ1) is 13.3. The highest BCUT2D eigenvalue weighted by atomic mass is 35.5. The van der Waals surface area contributed by atoms with Crippen LogP contribution >= 0.6 is 11.6 Å². The first-order valence-electron chi connectivity index (χ1n) is 9.47. The van der Waals surface area contributed by atoms with Crippen molar-refractivity contribution in [3.8, 4) is 0 Å². The van der Waals surface area contributed by atoms with Crippen molar-refractivity contribution >= 4 is 34.8 Å². The molecule has 6 heteroatoms. The van der Waals surface area contributed by atoms with Gasteiger partial charge in [-0.3, -0.25) is 14.5 Å². The number of halogens is 1. The van der Waals surface area contributed by atoms with Crippen LogP contribution in [0.1, 0.15) is 38.7 Å². The van der Waals surface area contributed by atoms with Crippen LogP contribution in [0.5, 0.6) is 0 Å². The van der Waals surface area contributed by atoms with Gasteiger partial charge in [0.1, 0.15) is 0 Å². The minimum Gasteiger partial charge on any atom is -0.325 e. The van der Waals surface area contributed by atoms with E-state index in [0.717, 1.165) is 17.7 Å². The van der Waals surface area contributed by atoms with Gasteiger partial charge in [-0.1, -0.05) is 43.6 Å². The molecule has 0 aliphatic heterocycles. The molecule has 2 amide bonds. The number of carbonyl (C=O) groups is 2. The first kappa shape index (κ1) is 21.9. The summed E-state index contributed by atoms with van der Waals surface area (Å²) in [5.41, 5.74) is 2.61. The Hall–Kier alpha value is -2.37. The molecule has 0 bridgehead atoms. The number of hydrogen-bond acceptors (Lipinski definition) is 3. The minimum absolute atomic E-state index is 0.101. The van der Waals surface area contributed by atoms with Gasteiger partial charge in [-0.2, -0.15) is 0 Å². The van der Waals surface area contributed by atoms with Crippen LogP contribution in [0.15, 0.2) is 48.5 Å². The van der Waals surface area contributed by atoms with Gasteiger partial charge in [0.05, 0.1) is 12.6 Å². The Balaban J connectivity index is 1.95. The number of rotatable bonds is 8. The average Bonchev–Trinajstić information content (AvgIpc) is 2.68. The zero-order valence-corrected chi connectivity index (χ0v) is 17.6. The maximum atomic E-state index is 12.7. The van der Waals surface area contributed by atoms with E-state index in [1.165, 1.54) is 0 Å². The summed E-state index contributed by atoms with van der Waals surface area (Å²) in [4.78, 5) is 26.7. The van der Waals surface area contributed by atoms with E-state index >= 15 is 0 Å². The maximum absolute atomic E-state index is 12.7. The summed E-state index contributed by atoms with van der Waals surface area (Å²) in [6.45, 7) is 6.15. The number of carbonyl (C=O) groups excluding carboxylic acids is 2. The molecule has 0 aromatic heterocycles. The minimum atomic E-state index is -0.457. The first-order valence-corrected chi connectivity index (χ1v) is 9.85. The summed E-state index contributed by atoms with van der Waals surface area (Å²) < 4.78 is 0. The van der Waals surface area contributed by atoms with Crippen LogP contribution in [0.2, 0.25) is 5.02 Å². The molecule has 2 atom stereocenters. The SMILES string of the molecule is CC[C@H](C)c1ccccc1NC(=O)[C@H](C)N(C)CC(=O)Nc1ccc(Cl)cc1. The Morgan fingerprint density at radius 1 is 1.04 bits per heavy atom. The van der Waals surface area contributed by atoms with Crippen LogP contribution in [-0.4, -0.2) is 36.3 Å². The summed E-state index contributed by atoms with van der Waals surface area (Å²) in [6, 6.07) is 14.3.